The molecule has 1 rings (SSSR count). The number of amides is 1. The van der Waals surface area contributed by atoms with Crippen molar-refractivity contribution in [3.8, 4) is 5.75 Å². The molecule has 0 aromatic heterocycles. The van der Waals surface area contributed by atoms with Crippen molar-refractivity contribution in [2.75, 3.05) is 20.3 Å². The quantitative estimate of drug-likeness (QED) is 0.695. The maximum atomic E-state index is 11.3. The average Bonchev–Trinajstić information content (AvgIpc) is 2.51. The number of hydrogen-bond acceptors (Lipinski definition) is 5. The third-order valence-electron chi connectivity index (χ3n) is 2.83. The lowest BCUT2D eigenvalue weighted by molar-refractivity contribution is -0.142. The SMILES string of the molecule is CCNC(=O)COc1ccc(CN[C@H](C)C(=O)OC)cc1. The average molecular weight is 294 g/mol. The number of benzene rings is 1. The number of likely N-dealkylation sites (N-methyl/N-ethyl adjacent to an activating group) is 1. The molecule has 0 aliphatic heterocycles. The summed E-state index contributed by atoms with van der Waals surface area (Å²) in [6.45, 7) is 4.74. The molecule has 0 fully saturated rings. The Hall–Kier alpha value is -2.08. The lowest BCUT2D eigenvalue weighted by Crippen LogP contribution is -2.34. The zero-order chi connectivity index (χ0) is 15.7. The molecule has 6 nitrogen and oxygen atoms in total. The normalized spacial score (nSPS) is 11.6. The predicted molar refractivity (Wildman–Crippen MR) is 78.9 cm³/mol. The largest absolute Gasteiger partial charge is 0.484 e. The molecule has 0 aliphatic rings. The highest BCUT2D eigenvalue weighted by molar-refractivity contribution is 5.77. The summed E-state index contributed by atoms with van der Waals surface area (Å²) in [5.74, 6) is 0.193. The first kappa shape index (κ1) is 17.0. The minimum atomic E-state index is -0.358. The summed E-state index contributed by atoms with van der Waals surface area (Å²) >= 11 is 0. The minimum Gasteiger partial charge on any atom is -0.484 e. The highest BCUT2D eigenvalue weighted by atomic mass is 16.5. The molecule has 1 amide bonds. The molecule has 0 saturated carbocycles. The number of nitrogens with one attached hydrogen (secondary N) is 2. The predicted octanol–water partition coefficient (Wildman–Crippen LogP) is 0.853. The van der Waals surface area contributed by atoms with Gasteiger partial charge in [0.1, 0.15) is 11.8 Å². The highest BCUT2D eigenvalue weighted by Gasteiger charge is 2.11. The van der Waals surface area contributed by atoms with E-state index in [1.165, 1.54) is 7.11 Å². The van der Waals surface area contributed by atoms with Crippen molar-refractivity contribution in [3.05, 3.63) is 29.8 Å². The molecule has 0 radical (unpaired) electrons. The zero-order valence-corrected chi connectivity index (χ0v) is 12.6. The monoisotopic (exact) mass is 294 g/mol. The highest BCUT2D eigenvalue weighted by Crippen LogP contribution is 2.12. The zero-order valence-electron chi connectivity index (χ0n) is 12.6. The van der Waals surface area contributed by atoms with Crippen LogP contribution in [0.15, 0.2) is 24.3 Å². The van der Waals surface area contributed by atoms with Crippen LogP contribution in [0.25, 0.3) is 0 Å². The Balaban J connectivity index is 2.40. The maximum Gasteiger partial charge on any atom is 0.322 e. The molecular formula is C15H22N2O4. The van der Waals surface area contributed by atoms with Gasteiger partial charge in [0.15, 0.2) is 6.61 Å². The van der Waals surface area contributed by atoms with Crippen LogP contribution in [0, 0.1) is 0 Å². The summed E-state index contributed by atoms with van der Waals surface area (Å²) in [6.07, 6.45) is 0. The van der Waals surface area contributed by atoms with Crippen molar-refractivity contribution < 1.29 is 19.1 Å². The number of rotatable bonds is 8. The van der Waals surface area contributed by atoms with Gasteiger partial charge < -0.3 is 20.1 Å². The Kier molecular flexibility index (Phi) is 7.25. The van der Waals surface area contributed by atoms with Crippen molar-refractivity contribution >= 4 is 11.9 Å². The molecule has 1 aromatic carbocycles. The van der Waals surface area contributed by atoms with E-state index in [2.05, 4.69) is 15.4 Å². The van der Waals surface area contributed by atoms with Gasteiger partial charge in [0.05, 0.1) is 7.11 Å². The summed E-state index contributed by atoms with van der Waals surface area (Å²) in [6, 6.07) is 6.98. The van der Waals surface area contributed by atoms with Gasteiger partial charge in [-0.15, -0.1) is 0 Å². The van der Waals surface area contributed by atoms with Gasteiger partial charge in [0.2, 0.25) is 0 Å². The first-order valence-electron chi connectivity index (χ1n) is 6.86. The Morgan fingerprint density at radius 1 is 1.24 bits per heavy atom. The van der Waals surface area contributed by atoms with Crippen molar-refractivity contribution in [2.45, 2.75) is 26.4 Å². The van der Waals surface area contributed by atoms with Crippen LogP contribution in [0.1, 0.15) is 19.4 Å². The summed E-state index contributed by atoms with van der Waals surface area (Å²) in [5.41, 5.74) is 1.01. The number of esters is 1. The lowest BCUT2D eigenvalue weighted by atomic mass is 10.2. The topological polar surface area (TPSA) is 76.7 Å². The van der Waals surface area contributed by atoms with E-state index in [9.17, 15) is 9.59 Å². The molecule has 1 atom stereocenters. The smallest absolute Gasteiger partial charge is 0.322 e. The van der Waals surface area contributed by atoms with Gasteiger partial charge in [-0.1, -0.05) is 12.1 Å². The number of methoxy groups -OCH3 is 1. The van der Waals surface area contributed by atoms with Crippen LogP contribution in [-0.2, 0) is 20.9 Å². The van der Waals surface area contributed by atoms with E-state index >= 15 is 0 Å². The Morgan fingerprint density at radius 3 is 2.48 bits per heavy atom. The third kappa shape index (κ3) is 6.27. The van der Waals surface area contributed by atoms with Crippen LogP contribution in [0.4, 0.5) is 0 Å². The van der Waals surface area contributed by atoms with Crippen molar-refractivity contribution in [2.24, 2.45) is 0 Å². The van der Waals surface area contributed by atoms with E-state index < -0.39 is 0 Å². The lowest BCUT2D eigenvalue weighted by Gasteiger charge is -2.12. The first-order chi connectivity index (χ1) is 10.1. The molecule has 1 aromatic rings. The first-order valence-corrected chi connectivity index (χ1v) is 6.86. The van der Waals surface area contributed by atoms with Crippen molar-refractivity contribution in [3.63, 3.8) is 0 Å². The van der Waals surface area contributed by atoms with Gasteiger partial charge in [-0.2, -0.15) is 0 Å². The molecule has 0 bridgehead atoms. The van der Waals surface area contributed by atoms with Gasteiger partial charge in [-0.3, -0.25) is 9.59 Å². The molecule has 116 valence electrons. The molecular weight excluding hydrogens is 272 g/mol. The van der Waals surface area contributed by atoms with Gasteiger partial charge in [0.25, 0.3) is 5.91 Å². The van der Waals surface area contributed by atoms with Crippen LogP contribution < -0.4 is 15.4 Å². The standard InChI is InChI=1S/C15H22N2O4/c1-4-16-14(18)10-21-13-7-5-12(6-8-13)9-17-11(2)15(19)20-3/h5-8,11,17H,4,9-10H2,1-3H3,(H,16,18)/t11-/m1/s1. The van der Waals surface area contributed by atoms with E-state index in [0.717, 1.165) is 5.56 Å². The molecule has 2 N–H and O–H groups in total. The van der Waals surface area contributed by atoms with Gasteiger partial charge >= 0.3 is 5.97 Å². The molecule has 21 heavy (non-hydrogen) atoms. The molecule has 0 aliphatic carbocycles. The molecule has 0 unspecified atom stereocenters. The van der Waals surface area contributed by atoms with Crippen LogP contribution >= 0.6 is 0 Å². The second-order valence-electron chi connectivity index (χ2n) is 4.51. The van der Waals surface area contributed by atoms with E-state index in [4.69, 9.17) is 4.74 Å². The number of carbonyl (C=O) groups excluding carboxylic acids is 2. The van der Waals surface area contributed by atoms with Crippen LogP contribution in [0.2, 0.25) is 0 Å². The summed E-state index contributed by atoms with van der Waals surface area (Å²) in [4.78, 5) is 22.5. The van der Waals surface area contributed by atoms with E-state index in [0.29, 0.717) is 18.8 Å². The third-order valence-corrected chi connectivity index (χ3v) is 2.83. The fourth-order valence-electron chi connectivity index (χ4n) is 1.63. The maximum absolute atomic E-state index is 11.3. The van der Waals surface area contributed by atoms with Crippen LogP contribution in [0.3, 0.4) is 0 Å². The second kappa shape index (κ2) is 8.97. The fourth-order valence-corrected chi connectivity index (χ4v) is 1.63. The van der Waals surface area contributed by atoms with Crippen molar-refractivity contribution in [1.29, 1.82) is 0 Å². The van der Waals surface area contributed by atoms with Gasteiger partial charge in [-0.25, -0.2) is 0 Å². The van der Waals surface area contributed by atoms with E-state index in [1.54, 1.807) is 19.1 Å². The second-order valence-corrected chi connectivity index (χ2v) is 4.51. The molecule has 6 heteroatoms. The number of hydrogen-bond donors (Lipinski definition) is 2. The summed E-state index contributed by atoms with van der Waals surface area (Å²) < 4.78 is 9.98. The Bertz CT molecular complexity index is 459. The minimum absolute atomic E-state index is 0.00477. The number of ether oxygens (including phenoxy) is 2. The van der Waals surface area contributed by atoms with Gasteiger partial charge in [-0.05, 0) is 31.5 Å². The fraction of sp³-hybridized carbons (Fsp3) is 0.467. The van der Waals surface area contributed by atoms with Crippen LogP contribution in [0.5, 0.6) is 5.75 Å². The van der Waals surface area contributed by atoms with Gasteiger partial charge in [0, 0.05) is 13.1 Å². The molecule has 0 saturated heterocycles. The Labute approximate surface area is 124 Å². The van der Waals surface area contributed by atoms with E-state index in [1.807, 2.05) is 19.1 Å². The van der Waals surface area contributed by atoms with E-state index in [-0.39, 0.29) is 24.5 Å². The summed E-state index contributed by atoms with van der Waals surface area (Å²) in [7, 11) is 1.36. The molecule has 0 heterocycles. The van der Waals surface area contributed by atoms with Crippen LogP contribution in [-0.4, -0.2) is 38.2 Å². The number of carbonyl (C=O) groups is 2. The summed E-state index contributed by atoms with van der Waals surface area (Å²) in [5, 5.41) is 5.71. The van der Waals surface area contributed by atoms with Crippen molar-refractivity contribution in [1.82, 2.24) is 10.6 Å². The molecule has 0 spiro atoms. The Morgan fingerprint density at radius 2 is 1.90 bits per heavy atom.